The van der Waals surface area contributed by atoms with Gasteiger partial charge in [-0.05, 0) is 120 Å². The van der Waals surface area contributed by atoms with E-state index in [-0.39, 0.29) is 39.3 Å². The number of likely N-dealkylation sites (tertiary alicyclic amines) is 2. The molecule has 4 amide bonds. The van der Waals surface area contributed by atoms with Crippen molar-refractivity contribution in [1.82, 2.24) is 19.8 Å². The number of aryl methyl sites for hydroxylation is 2. The van der Waals surface area contributed by atoms with Crippen LogP contribution in [0.1, 0.15) is 36.8 Å². The van der Waals surface area contributed by atoms with Gasteiger partial charge in [-0.2, -0.15) is 26.3 Å². The lowest BCUT2D eigenvalue weighted by molar-refractivity contribution is -0.144. The Morgan fingerprint density at radius 1 is 0.550 bits per heavy atom. The van der Waals surface area contributed by atoms with Gasteiger partial charge in [0.05, 0.1) is 51.6 Å². The molecular weight excluding hydrogens is 1070 g/mol. The van der Waals surface area contributed by atoms with Crippen LogP contribution in [0.25, 0.3) is 22.3 Å². The van der Waals surface area contributed by atoms with E-state index in [4.69, 9.17) is 30.9 Å². The molecule has 4 aromatic rings. The lowest BCUT2D eigenvalue weighted by Crippen LogP contribution is -2.38. The van der Waals surface area contributed by atoms with Gasteiger partial charge in [-0.3, -0.25) is 0 Å². The zero-order valence-corrected chi connectivity index (χ0v) is 44.4. The Labute approximate surface area is 456 Å². The summed E-state index contributed by atoms with van der Waals surface area (Å²) in [5, 5.41) is 5.61. The largest absolute Gasteiger partial charge is 0.389 e. The number of halogens is 10. The lowest BCUT2D eigenvalue weighted by atomic mass is 10.00. The van der Waals surface area contributed by atoms with Gasteiger partial charge in [0.25, 0.3) is 11.8 Å². The molecule has 0 aliphatic carbocycles. The van der Waals surface area contributed by atoms with Gasteiger partial charge in [0.2, 0.25) is 0 Å². The molecule has 0 saturated carbocycles. The number of ether oxygens (including phenoxy) is 2. The molecule has 80 heavy (non-hydrogen) atoms. The Kier molecular flexibility index (Phi) is 17.2. The summed E-state index contributed by atoms with van der Waals surface area (Å²) >= 11 is 0. The first kappa shape index (κ1) is 58.3. The summed E-state index contributed by atoms with van der Waals surface area (Å²) in [4.78, 5) is 45.0. The number of anilines is 6. The van der Waals surface area contributed by atoms with Crippen molar-refractivity contribution in [3.63, 3.8) is 0 Å². The van der Waals surface area contributed by atoms with E-state index in [9.17, 15) is 53.5 Å². The molecule has 10 rings (SSSR count). The van der Waals surface area contributed by atoms with E-state index >= 15 is 0 Å². The van der Waals surface area contributed by atoms with Crippen LogP contribution in [0.5, 0.6) is 0 Å². The predicted octanol–water partition coefficient (Wildman–Crippen LogP) is 8.96. The molecule has 436 valence electrons. The Bertz CT molecular complexity index is 2660. The highest BCUT2D eigenvalue weighted by molar-refractivity contribution is 5.92. The molecule has 8 heterocycles. The van der Waals surface area contributed by atoms with Crippen LogP contribution in [0.2, 0.25) is 0 Å². The number of rotatable bonds is 10. The number of urea groups is 2. The van der Waals surface area contributed by atoms with Gasteiger partial charge in [-0.1, -0.05) is 12.1 Å². The minimum atomic E-state index is -4.26. The molecule has 16 nitrogen and oxygen atoms in total. The Morgan fingerprint density at radius 2 is 0.900 bits per heavy atom. The fraction of sp³-hybridized carbons (Fsp3) is 0.556. The molecule has 4 atom stereocenters. The number of hydrogen-bond acceptors (Lipinski definition) is 12. The van der Waals surface area contributed by atoms with Crippen molar-refractivity contribution >= 4 is 46.7 Å². The van der Waals surface area contributed by atoms with Crippen LogP contribution >= 0.6 is 0 Å². The third kappa shape index (κ3) is 14.4. The maximum absolute atomic E-state index is 14.3. The van der Waals surface area contributed by atoms with Gasteiger partial charge in [0.15, 0.2) is 0 Å². The monoisotopic (exact) mass is 1140 g/mol. The summed E-state index contributed by atoms with van der Waals surface area (Å²) in [6.45, 7) is 7.76. The number of nitrogens with two attached hydrogens (primary N) is 2. The second-order valence-corrected chi connectivity index (χ2v) is 21.6. The van der Waals surface area contributed by atoms with Crippen LogP contribution in [0.4, 0.5) is 88.1 Å². The van der Waals surface area contributed by atoms with Crippen LogP contribution in [0, 0.1) is 25.7 Å². The second kappa shape index (κ2) is 23.6. The second-order valence-electron chi connectivity index (χ2n) is 21.6. The fourth-order valence-corrected chi connectivity index (χ4v) is 11.0. The molecule has 6 N–H and O–H groups in total. The zero-order valence-electron chi connectivity index (χ0n) is 44.4. The number of nitrogens with one attached hydrogen (secondary N) is 2. The fourth-order valence-electron chi connectivity index (χ4n) is 11.0. The van der Waals surface area contributed by atoms with Gasteiger partial charge in [-0.25, -0.2) is 37.1 Å². The first-order valence-corrected chi connectivity index (χ1v) is 26.7. The predicted molar refractivity (Wildman–Crippen MR) is 284 cm³/mol. The standard InChI is InChI=1S/2C27H33F5N6O2/c2*1-17-2-3-20(34-25(39)37-5-4-18(14-37)13-27(30,31)32)12-21(17)19-10-23(36-6-8-40-9-7-36)35-24(11-19)38-15-22(33)26(28,29)16-38/h2*2-3,10-12,18,22H,4-9,13-16,33H2,1H3,(H,34,39)/t18-,22+;18-,22-/m00/s1. The molecule has 6 saturated heterocycles. The van der Waals surface area contributed by atoms with Crippen molar-refractivity contribution in [3.05, 3.63) is 71.8 Å². The van der Waals surface area contributed by atoms with Crippen molar-refractivity contribution in [1.29, 1.82) is 0 Å². The van der Waals surface area contributed by atoms with Crippen LogP contribution in [0.3, 0.4) is 0 Å². The number of benzene rings is 2. The number of alkyl halides is 10. The first-order chi connectivity index (χ1) is 37.8. The van der Waals surface area contributed by atoms with E-state index < -0.39 is 86.1 Å². The molecule has 0 radical (unpaired) electrons. The number of pyridine rings is 2. The number of morpholine rings is 2. The Balaban J connectivity index is 0.000000194. The summed E-state index contributed by atoms with van der Waals surface area (Å²) in [6.07, 6.45) is -9.74. The zero-order chi connectivity index (χ0) is 57.3. The Morgan fingerprint density at radius 3 is 1.23 bits per heavy atom. The molecule has 0 spiro atoms. The van der Waals surface area contributed by atoms with Crippen LogP contribution in [-0.4, -0.2) is 173 Å². The minimum absolute atomic E-state index is 0.0355. The van der Waals surface area contributed by atoms with Gasteiger partial charge < -0.3 is 61.0 Å². The number of nitrogens with zero attached hydrogens (tertiary/aromatic N) is 8. The molecule has 0 unspecified atom stereocenters. The minimum Gasteiger partial charge on any atom is -0.378 e. The van der Waals surface area contributed by atoms with Crippen LogP contribution in [-0.2, 0) is 9.47 Å². The van der Waals surface area contributed by atoms with Crippen molar-refractivity contribution in [2.75, 3.05) is 135 Å². The average Bonchev–Trinajstić information content (AvgIpc) is 4.20. The summed E-state index contributed by atoms with van der Waals surface area (Å²) in [7, 11) is 0. The van der Waals surface area contributed by atoms with Crippen LogP contribution in [0.15, 0.2) is 60.7 Å². The van der Waals surface area contributed by atoms with Crippen molar-refractivity contribution in [2.24, 2.45) is 23.3 Å². The lowest BCUT2D eigenvalue weighted by Gasteiger charge is -2.29. The summed E-state index contributed by atoms with van der Waals surface area (Å²) in [6, 6.07) is 14.4. The number of carbonyl (C=O) groups excluding carboxylic acids is 2. The molecule has 0 bridgehead atoms. The average molecular weight is 1140 g/mol. The highest BCUT2D eigenvalue weighted by atomic mass is 19.4. The highest BCUT2D eigenvalue weighted by Crippen LogP contribution is 2.39. The quantitative estimate of drug-likeness (QED) is 0.111. The van der Waals surface area contributed by atoms with Gasteiger partial charge >= 0.3 is 24.4 Å². The van der Waals surface area contributed by atoms with Gasteiger partial charge in [0, 0.05) is 89.7 Å². The van der Waals surface area contributed by atoms with Crippen molar-refractivity contribution in [3.8, 4) is 22.3 Å². The Hall–Kier alpha value is -6.38. The molecule has 6 aliphatic heterocycles. The van der Waals surface area contributed by atoms with Crippen LogP contribution < -0.4 is 41.7 Å². The topological polar surface area (TPSA) is 174 Å². The molecule has 6 aliphatic rings. The van der Waals surface area contributed by atoms with E-state index in [0.717, 1.165) is 33.4 Å². The van der Waals surface area contributed by atoms with E-state index in [1.807, 2.05) is 47.9 Å². The number of amides is 4. The molecule has 2 aromatic heterocycles. The third-order valence-electron chi connectivity index (χ3n) is 15.4. The summed E-state index contributed by atoms with van der Waals surface area (Å²) in [5.41, 5.74) is 17.1. The molecule has 2 aromatic carbocycles. The number of aromatic nitrogens is 2. The van der Waals surface area contributed by atoms with Crippen molar-refractivity contribution in [2.45, 2.75) is 75.8 Å². The number of hydrogen-bond donors (Lipinski definition) is 4. The smallest absolute Gasteiger partial charge is 0.378 e. The molecule has 26 heteroatoms. The summed E-state index contributed by atoms with van der Waals surface area (Å²) in [5.74, 6) is -5.28. The van der Waals surface area contributed by atoms with Gasteiger partial charge in [0.1, 0.15) is 23.3 Å². The SMILES string of the molecule is Cc1ccc(NC(=O)N2CC[C@@H](CC(F)(F)F)C2)cc1-c1cc(N2CCOCC2)nc(N2C[C@@H](N)C(F)(F)C2)c1.Cc1ccc(NC(=O)N2CC[C@@H](CC(F)(F)F)C2)cc1-c1cc(N2CCOCC2)nc(N2C[C@H](N)C(F)(F)C2)c1. The summed E-state index contributed by atoms with van der Waals surface area (Å²) < 4.78 is 145. The van der Waals surface area contributed by atoms with E-state index in [1.165, 1.54) is 19.6 Å². The maximum atomic E-state index is 14.3. The van der Waals surface area contributed by atoms with Gasteiger partial charge in [-0.15, -0.1) is 0 Å². The van der Waals surface area contributed by atoms with E-state index in [1.54, 1.807) is 36.4 Å². The van der Waals surface area contributed by atoms with Crippen molar-refractivity contribution < 1.29 is 63.0 Å². The first-order valence-electron chi connectivity index (χ1n) is 26.7. The molecular formula is C54H66F10N12O4. The van der Waals surface area contributed by atoms with E-state index in [0.29, 0.717) is 100 Å². The normalized spacial score (nSPS) is 23.1. The number of carbonyl (C=O) groups is 2. The highest BCUT2D eigenvalue weighted by Gasteiger charge is 2.48. The van der Waals surface area contributed by atoms with E-state index in [2.05, 4.69) is 10.6 Å². The maximum Gasteiger partial charge on any atom is 0.389 e. The molecule has 6 fully saturated rings. The third-order valence-corrected chi connectivity index (χ3v) is 15.4.